The monoisotopic (exact) mass is 211 g/mol. The minimum absolute atomic E-state index is 0.234. The van der Waals surface area contributed by atoms with Crippen LogP contribution in [0, 0.1) is 5.92 Å². The molecule has 2 N–H and O–H groups in total. The van der Waals surface area contributed by atoms with Gasteiger partial charge in [0.15, 0.2) is 0 Å². The Morgan fingerprint density at radius 3 is 2.73 bits per heavy atom. The van der Waals surface area contributed by atoms with Crippen molar-refractivity contribution in [3.05, 3.63) is 18.0 Å². The van der Waals surface area contributed by atoms with Crippen LogP contribution in [0.2, 0.25) is 0 Å². The molecule has 1 aromatic rings. The molecule has 1 aromatic heterocycles. The first kappa shape index (κ1) is 12.2. The fourth-order valence-corrected chi connectivity index (χ4v) is 1.28. The predicted octanol–water partition coefficient (Wildman–Crippen LogP) is 1.18. The van der Waals surface area contributed by atoms with E-state index >= 15 is 0 Å². The third-order valence-corrected chi connectivity index (χ3v) is 2.32. The maximum Gasteiger partial charge on any atom is 0.0534 e. The zero-order chi connectivity index (χ0) is 11.3. The average molecular weight is 211 g/mol. The van der Waals surface area contributed by atoms with E-state index in [9.17, 15) is 0 Å². The Balaban J connectivity index is 2.31. The normalized spacial score (nSPS) is 13.4. The number of aliphatic hydroxyl groups is 1. The van der Waals surface area contributed by atoms with Crippen LogP contribution in [0.25, 0.3) is 0 Å². The molecule has 0 fully saturated rings. The summed E-state index contributed by atoms with van der Waals surface area (Å²) in [6.07, 6.45) is 3.94. The minimum atomic E-state index is 0.234. The Hall–Kier alpha value is -0.870. The molecule has 0 bridgehead atoms. The molecule has 1 unspecified atom stereocenters. The van der Waals surface area contributed by atoms with Gasteiger partial charge in [-0.25, -0.2) is 0 Å². The summed E-state index contributed by atoms with van der Waals surface area (Å²) < 4.78 is 1.95. The van der Waals surface area contributed by atoms with Gasteiger partial charge in [-0.2, -0.15) is 5.10 Å². The van der Waals surface area contributed by atoms with Crippen LogP contribution in [0.1, 0.15) is 32.4 Å². The number of aromatic nitrogens is 2. The van der Waals surface area contributed by atoms with Crippen molar-refractivity contribution < 1.29 is 5.11 Å². The molecule has 1 rings (SSSR count). The first-order valence-electron chi connectivity index (χ1n) is 5.48. The molecule has 1 heterocycles. The van der Waals surface area contributed by atoms with Gasteiger partial charge in [-0.3, -0.25) is 4.68 Å². The van der Waals surface area contributed by atoms with Crippen molar-refractivity contribution in [2.75, 3.05) is 13.2 Å². The van der Waals surface area contributed by atoms with E-state index in [1.54, 1.807) is 0 Å². The highest BCUT2D eigenvalue weighted by molar-refractivity contribution is 5.03. The largest absolute Gasteiger partial charge is 0.396 e. The third kappa shape index (κ3) is 4.01. The van der Waals surface area contributed by atoms with Crippen LogP contribution in [0.4, 0.5) is 0 Å². The zero-order valence-corrected chi connectivity index (χ0v) is 9.77. The van der Waals surface area contributed by atoms with E-state index in [-0.39, 0.29) is 6.61 Å². The Labute approximate surface area is 91.3 Å². The summed E-state index contributed by atoms with van der Waals surface area (Å²) in [6.45, 7) is 8.12. The van der Waals surface area contributed by atoms with Crippen molar-refractivity contribution >= 4 is 0 Å². The topological polar surface area (TPSA) is 50.1 Å². The predicted molar refractivity (Wildman–Crippen MR) is 60.6 cm³/mol. The van der Waals surface area contributed by atoms with Crippen LogP contribution in [-0.4, -0.2) is 28.0 Å². The van der Waals surface area contributed by atoms with Crippen molar-refractivity contribution in [3.63, 3.8) is 0 Å². The van der Waals surface area contributed by atoms with Crippen molar-refractivity contribution in [2.45, 2.75) is 33.4 Å². The molecule has 0 aliphatic heterocycles. The smallest absolute Gasteiger partial charge is 0.0534 e. The molecule has 0 saturated heterocycles. The Kier molecular flexibility index (Phi) is 4.78. The lowest BCUT2D eigenvalue weighted by atomic mass is 10.2. The van der Waals surface area contributed by atoms with Gasteiger partial charge in [0.25, 0.3) is 0 Å². The summed E-state index contributed by atoms with van der Waals surface area (Å²) in [5.74, 6) is 0.310. The molecule has 0 saturated carbocycles. The van der Waals surface area contributed by atoms with Crippen molar-refractivity contribution in [3.8, 4) is 0 Å². The van der Waals surface area contributed by atoms with Crippen LogP contribution in [-0.2, 0) is 6.54 Å². The molecule has 0 radical (unpaired) electrons. The van der Waals surface area contributed by atoms with E-state index in [0.717, 1.165) is 13.1 Å². The van der Waals surface area contributed by atoms with Gasteiger partial charge in [0.2, 0.25) is 0 Å². The van der Waals surface area contributed by atoms with Gasteiger partial charge in [0.1, 0.15) is 0 Å². The summed E-state index contributed by atoms with van der Waals surface area (Å²) >= 11 is 0. The number of hydrogen-bond acceptors (Lipinski definition) is 3. The summed E-state index contributed by atoms with van der Waals surface area (Å²) in [5, 5.41) is 16.4. The van der Waals surface area contributed by atoms with E-state index in [4.69, 9.17) is 5.11 Å². The molecule has 15 heavy (non-hydrogen) atoms. The summed E-state index contributed by atoms with van der Waals surface area (Å²) in [4.78, 5) is 0. The van der Waals surface area contributed by atoms with E-state index in [1.165, 1.54) is 5.56 Å². The second-order valence-corrected chi connectivity index (χ2v) is 4.34. The van der Waals surface area contributed by atoms with E-state index in [1.807, 2.05) is 17.8 Å². The van der Waals surface area contributed by atoms with Crippen LogP contribution in [0.5, 0.6) is 0 Å². The van der Waals surface area contributed by atoms with Gasteiger partial charge in [0, 0.05) is 37.5 Å². The SMILES string of the molecule is CC(CO)CNCc1cnn(C(C)C)c1. The van der Waals surface area contributed by atoms with E-state index in [0.29, 0.717) is 12.0 Å². The lowest BCUT2D eigenvalue weighted by Gasteiger charge is -2.08. The van der Waals surface area contributed by atoms with Crippen LogP contribution < -0.4 is 5.32 Å². The van der Waals surface area contributed by atoms with E-state index in [2.05, 4.69) is 30.5 Å². The first-order chi connectivity index (χ1) is 7.13. The first-order valence-corrected chi connectivity index (χ1v) is 5.48. The Morgan fingerprint density at radius 1 is 1.47 bits per heavy atom. The van der Waals surface area contributed by atoms with Crippen molar-refractivity contribution in [2.24, 2.45) is 5.92 Å². The quantitative estimate of drug-likeness (QED) is 0.743. The number of rotatable bonds is 6. The molecule has 0 spiro atoms. The molecule has 4 heteroatoms. The van der Waals surface area contributed by atoms with Crippen molar-refractivity contribution in [1.82, 2.24) is 15.1 Å². The molecule has 1 atom stereocenters. The lowest BCUT2D eigenvalue weighted by Crippen LogP contribution is -2.22. The van der Waals surface area contributed by atoms with Crippen LogP contribution in [0.15, 0.2) is 12.4 Å². The van der Waals surface area contributed by atoms with Gasteiger partial charge >= 0.3 is 0 Å². The number of hydrogen-bond donors (Lipinski definition) is 2. The molecule has 4 nitrogen and oxygen atoms in total. The van der Waals surface area contributed by atoms with Gasteiger partial charge < -0.3 is 10.4 Å². The highest BCUT2D eigenvalue weighted by atomic mass is 16.3. The fraction of sp³-hybridized carbons (Fsp3) is 0.727. The van der Waals surface area contributed by atoms with Crippen LogP contribution in [0.3, 0.4) is 0 Å². The average Bonchev–Trinajstić information content (AvgIpc) is 2.66. The summed E-state index contributed by atoms with van der Waals surface area (Å²) in [6, 6.07) is 0.412. The Morgan fingerprint density at radius 2 is 2.20 bits per heavy atom. The second kappa shape index (κ2) is 5.88. The van der Waals surface area contributed by atoms with Crippen molar-refractivity contribution in [1.29, 1.82) is 0 Å². The summed E-state index contributed by atoms with van der Waals surface area (Å²) in [7, 11) is 0. The number of nitrogens with zero attached hydrogens (tertiary/aromatic N) is 2. The van der Waals surface area contributed by atoms with Crippen LogP contribution >= 0.6 is 0 Å². The second-order valence-electron chi connectivity index (χ2n) is 4.34. The van der Waals surface area contributed by atoms with E-state index < -0.39 is 0 Å². The number of aliphatic hydroxyl groups excluding tert-OH is 1. The maximum absolute atomic E-state index is 8.85. The fourth-order valence-electron chi connectivity index (χ4n) is 1.28. The standard InChI is InChI=1S/C11H21N3O/c1-9(2)14-7-11(6-13-14)5-12-4-10(3)8-15/h6-7,9-10,12,15H,4-5,8H2,1-3H3. The van der Waals surface area contributed by atoms with Gasteiger partial charge in [-0.15, -0.1) is 0 Å². The molecule has 0 aliphatic rings. The Bertz CT molecular complexity index is 283. The molecule has 0 amide bonds. The number of nitrogens with one attached hydrogen (secondary N) is 1. The van der Waals surface area contributed by atoms with Gasteiger partial charge in [-0.1, -0.05) is 6.92 Å². The molecule has 0 aromatic carbocycles. The third-order valence-electron chi connectivity index (χ3n) is 2.32. The highest BCUT2D eigenvalue weighted by Gasteiger charge is 2.02. The maximum atomic E-state index is 8.85. The van der Waals surface area contributed by atoms with Gasteiger partial charge in [0.05, 0.1) is 6.20 Å². The molecular formula is C11H21N3O. The molecule has 0 aliphatic carbocycles. The zero-order valence-electron chi connectivity index (χ0n) is 9.77. The minimum Gasteiger partial charge on any atom is -0.396 e. The molecular weight excluding hydrogens is 190 g/mol. The highest BCUT2D eigenvalue weighted by Crippen LogP contribution is 2.04. The van der Waals surface area contributed by atoms with Gasteiger partial charge in [-0.05, 0) is 19.8 Å². The molecule has 86 valence electrons. The summed E-state index contributed by atoms with van der Waals surface area (Å²) in [5.41, 5.74) is 1.19. The lowest BCUT2D eigenvalue weighted by molar-refractivity contribution is 0.233.